The summed E-state index contributed by atoms with van der Waals surface area (Å²) in [4.78, 5) is 17.5. The first-order chi connectivity index (χ1) is 9.49. The third kappa shape index (κ3) is 2.79. The van der Waals surface area contributed by atoms with Gasteiger partial charge in [-0.3, -0.25) is 10.1 Å². The molecule has 0 radical (unpaired) electrons. The Balaban J connectivity index is 2.36. The molecule has 0 amide bonds. The van der Waals surface area contributed by atoms with Crippen LogP contribution in [0.15, 0.2) is 30.3 Å². The van der Waals surface area contributed by atoms with Crippen LogP contribution in [0.1, 0.15) is 17.4 Å². The van der Waals surface area contributed by atoms with Crippen LogP contribution in [0.4, 0.5) is 21.8 Å². The third-order valence-electron chi connectivity index (χ3n) is 2.72. The molecular weight excluding hydrogens is 265 g/mol. The first-order valence-corrected chi connectivity index (χ1v) is 5.74. The number of nitrogens with zero attached hydrogens (tertiary/aromatic N) is 3. The first-order valence-electron chi connectivity index (χ1n) is 5.74. The van der Waals surface area contributed by atoms with Gasteiger partial charge in [-0.1, -0.05) is 30.3 Å². The number of nitrogen functional groups attached to an aromatic ring is 2. The summed E-state index contributed by atoms with van der Waals surface area (Å²) in [5.41, 5.74) is 10.6. The molecule has 0 aliphatic heterocycles. The number of nitro groups is 1. The molecular formula is C12H12FN5O2. The monoisotopic (exact) mass is 277 g/mol. The van der Waals surface area contributed by atoms with Crippen LogP contribution >= 0.6 is 0 Å². The molecule has 104 valence electrons. The van der Waals surface area contributed by atoms with Gasteiger partial charge in [0.2, 0.25) is 11.8 Å². The predicted molar refractivity (Wildman–Crippen MR) is 71.5 cm³/mol. The first kappa shape index (κ1) is 13.7. The lowest BCUT2D eigenvalue weighted by Gasteiger charge is -2.09. The van der Waals surface area contributed by atoms with Crippen LogP contribution in [0.5, 0.6) is 0 Å². The fraction of sp³-hybridized carbons (Fsp3) is 0.167. The van der Waals surface area contributed by atoms with Crippen molar-refractivity contribution in [3.05, 3.63) is 51.7 Å². The summed E-state index contributed by atoms with van der Waals surface area (Å²) in [6.45, 7) is 0. The maximum Gasteiger partial charge on any atom is 0.332 e. The Labute approximate surface area is 113 Å². The van der Waals surface area contributed by atoms with E-state index in [0.29, 0.717) is 5.56 Å². The molecule has 0 fully saturated rings. The zero-order chi connectivity index (χ0) is 14.7. The summed E-state index contributed by atoms with van der Waals surface area (Å²) in [5, 5.41) is 11.0. The number of hydrogen-bond acceptors (Lipinski definition) is 6. The van der Waals surface area contributed by atoms with E-state index >= 15 is 0 Å². The van der Waals surface area contributed by atoms with Gasteiger partial charge in [0.15, 0.2) is 0 Å². The number of alkyl halides is 1. The van der Waals surface area contributed by atoms with E-state index < -0.39 is 16.8 Å². The molecule has 0 saturated heterocycles. The number of benzene rings is 1. The second kappa shape index (κ2) is 5.47. The molecule has 1 aromatic heterocycles. The van der Waals surface area contributed by atoms with Crippen molar-refractivity contribution < 1.29 is 9.31 Å². The van der Waals surface area contributed by atoms with Crippen molar-refractivity contribution >= 4 is 17.5 Å². The van der Waals surface area contributed by atoms with Gasteiger partial charge in [0.05, 0.1) is 4.92 Å². The highest BCUT2D eigenvalue weighted by Crippen LogP contribution is 2.29. The Morgan fingerprint density at radius 1 is 1.25 bits per heavy atom. The fourth-order valence-corrected chi connectivity index (χ4v) is 1.83. The average Bonchev–Trinajstić information content (AvgIpc) is 2.38. The molecule has 8 heteroatoms. The number of nitrogens with two attached hydrogens (primary N) is 2. The molecule has 0 aliphatic carbocycles. The van der Waals surface area contributed by atoms with Crippen molar-refractivity contribution in [3.63, 3.8) is 0 Å². The summed E-state index contributed by atoms with van der Waals surface area (Å²) in [6, 6.07) is 8.28. The highest BCUT2D eigenvalue weighted by molar-refractivity contribution is 5.57. The van der Waals surface area contributed by atoms with E-state index in [2.05, 4.69) is 9.97 Å². The van der Waals surface area contributed by atoms with Crippen molar-refractivity contribution in [2.75, 3.05) is 11.5 Å². The van der Waals surface area contributed by atoms with Gasteiger partial charge in [0, 0.05) is 6.42 Å². The molecule has 0 aliphatic rings. The zero-order valence-electron chi connectivity index (χ0n) is 10.4. The standard InChI is InChI=1S/C12H12FN5O2/c13-8(7-4-2-1-3-5-7)6-9-10(18(19)20)11(14)17-12(15)16-9/h1-5,8H,6H2,(H4,14,15,16,17). The van der Waals surface area contributed by atoms with E-state index in [0.717, 1.165) is 0 Å². The summed E-state index contributed by atoms with van der Waals surface area (Å²) < 4.78 is 14.2. The van der Waals surface area contributed by atoms with Gasteiger partial charge in [0.25, 0.3) is 0 Å². The molecule has 1 heterocycles. The molecule has 7 nitrogen and oxygen atoms in total. The predicted octanol–water partition coefficient (Wildman–Crippen LogP) is 1.80. The molecule has 1 aromatic carbocycles. The van der Waals surface area contributed by atoms with Gasteiger partial charge in [-0.15, -0.1) is 0 Å². The number of rotatable bonds is 4. The molecule has 0 spiro atoms. The maximum atomic E-state index is 14.2. The van der Waals surface area contributed by atoms with Crippen LogP contribution in [0.2, 0.25) is 0 Å². The van der Waals surface area contributed by atoms with Gasteiger partial charge in [-0.2, -0.15) is 4.98 Å². The molecule has 1 unspecified atom stereocenters. The summed E-state index contributed by atoms with van der Waals surface area (Å²) in [6.07, 6.45) is -1.74. The highest BCUT2D eigenvalue weighted by atomic mass is 19.1. The van der Waals surface area contributed by atoms with Crippen LogP contribution in [-0.4, -0.2) is 14.9 Å². The number of hydrogen-bond donors (Lipinski definition) is 2. The van der Waals surface area contributed by atoms with E-state index in [-0.39, 0.29) is 23.9 Å². The summed E-state index contributed by atoms with van der Waals surface area (Å²) in [7, 11) is 0. The summed E-state index contributed by atoms with van der Waals surface area (Å²) >= 11 is 0. The van der Waals surface area contributed by atoms with Crippen LogP contribution in [0, 0.1) is 10.1 Å². The van der Waals surface area contributed by atoms with Crippen molar-refractivity contribution in [2.45, 2.75) is 12.6 Å². The van der Waals surface area contributed by atoms with Crippen molar-refractivity contribution in [2.24, 2.45) is 0 Å². The van der Waals surface area contributed by atoms with Crippen LogP contribution in [0.25, 0.3) is 0 Å². The maximum absolute atomic E-state index is 14.2. The second-order valence-corrected chi connectivity index (χ2v) is 4.10. The van der Waals surface area contributed by atoms with Gasteiger partial charge >= 0.3 is 5.69 Å². The quantitative estimate of drug-likeness (QED) is 0.649. The Morgan fingerprint density at radius 3 is 2.50 bits per heavy atom. The van der Waals surface area contributed by atoms with Crippen molar-refractivity contribution in [3.8, 4) is 0 Å². The van der Waals surface area contributed by atoms with Crippen molar-refractivity contribution in [1.82, 2.24) is 9.97 Å². The van der Waals surface area contributed by atoms with E-state index in [1.54, 1.807) is 30.3 Å². The lowest BCUT2D eigenvalue weighted by atomic mass is 10.1. The SMILES string of the molecule is Nc1nc(N)c([N+](=O)[O-])c(CC(F)c2ccccc2)n1. The molecule has 1 atom stereocenters. The van der Waals surface area contributed by atoms with Crippen LogP contribution < -0.4 is 11.5 Å². The summed E-state index contributed by atoms with van der Waals surface area (Å²) in [5.74, 6) is -0.582. The van der Waals surface area contributed by atoms with Gasteiger partial charge in [-0.05, 0) is 5.56 Å². The number of aromatic nitrogens is 2. The molecule has 0 saturated carbocycles. The topological polar surface area (TPSA) is 121 Å². The molecule has 2 aromatic rings. The lowest BCUT2D eigenvalue weighted by Crippen LogP contribution is -2.10. The van der Waals surface area contributed by atoms with Crippen LogP contribution in [0.3, 0.4) is 0 Å². The average molecular weight is 277 g/mol. The normalized spacial score (nSPS) is 12.1. The van der Waals surface area contributed by atoms with E-state index in [9.17, 15) is 14.5 Å². The minimum absolute atomic E-state index is 0.114. The minimum atomic E-state index is -1.44. The fourth-order valence-electron chi connectivity index (χ4n) is 1.83. The highest BCUT2D eigenvalue weighted by Gasteiger charge is 2.25. The minimum Gasteiger partial charge on any atom is -0.378 e. The van der Waals surface area contributed by atoms with E-state index in [4.69, 9.17) is 11.5 Å². The lowest BCUT2D eigenvalue weighted by molar-refractivity contribution is -0.385. The van der Waals surface area contributed by atoms with Crippen LogP contribution in [-0.2, 0) is 6.42 Å². The zero-order valence-corrected chi connectivity index (χ0v) is 10.4. The largest absolute Gasteiger partial charge is 0.378 e. The Hall–Kier alpha value is -2.77. The Morgan fingerprint density at radius 2 is 1.90 bits per heavy atom. The van der Waals surface area contributed by atoms with Crippen molar-refractivity contribution in [1.29, 1.82) is 0 Å². The number of anilines is 2. The molecule has 2 rings (SSSR count). The molecule has 4 N–H and O–H groups in total. The van der Waals surface area contributed by atoms with E-state index in [1.807, 2.05) is 0 Å². The van der Waals surface area contributed by atoms with Gasteiger partial charge < -0.3 is 11.5 Å². The van der Waals surface area contributed by atoms with Gasteiger partial charge in [-0.25, -0.2) is 9.37 Å². The smallest absolute Gasteiger partial charge is 0.332 e. The number of halogens is 1. The van der Waals surface area contributed by atoms with Gasteiger partial charge in [0.1, 0.15) is 11.9 Å². The second-order valence-electron chi connectivity index (χ2n) is 4.10. The Bertz CT molecular complexity index is 635. The van der Waals surface area contributed by atoms with E-state index in [1.165, 1.54) is 0 Å². The molecule has 20 heavy (non-hydrogen) atoms. The third-order valence-corrected chi connectivity index (χ3v) is 2.72. The Kier molecular flexibility index (Phi) is 3.74. The molecule has 0 bridgehead atoms.